The molecule has 1 amide bonds. The average molecular weight is 811 g/mol. The smallest absolute Gasteiger partial charge is 0.268 e. The van der Waals surface area contributed by atoms with Gasteiger partial charge in [-0.05, 0) is 44.9 Å². The summed E-state index contributed by atoms with van der Waals surface area (Å²) in [6, 6.07) is -0.903. The van der Waals surface area contributed by atoms with Crippen LogP contribution in [0.5, 0.6) is 0 Å². The minimum atomic E-state index is -4.59. The van der Waals surface area contributed by atoms with E-state index < -0.39 is 26.6 Å². The molecule has 2 N–H and O–H groups in total. The molecule has 330 valence electrons. The van der Waals surface area contributed by atoms with Gasteiger partial charge in [0.05, 0.1) is 39.9 Å². The molecule has 0 aliphatic carbocycles. The zero-order chi connectivity index (χ0) is 41.4. The molecule has 0 spiro atoms. The van der Waals surface area contributed by atoms with Crippen molar-refractivity contribution in [2.45, 2.75) is 219 Å². The number of nitrogens with one attached hydrogen (secondary N) is 1. The maximum Gasteiger partial charge on any atom is 0.268 e. The maximum absolute atomic E-state index is 12.7. The summed E-state index contributed by atoms with van der Waals surface area (Å²) in [6.07, 6.45) is 48.3. The number of aliphatic hydroxyl groups is 1. The van der Waals surface area contributed by atoms with Crippen LogP contribution in [0.25, 0.3) is 0 Å². The molecule has 0 aliphatic heterocycles. The van der Waals surface area contributed by atoms with Crippen molar-refractivity contribution in [3.8, 4) is 0 Å². The molecule has 0 saturated heterocycles. The number of nitrogens with zero attached hydrogens (tertiary/aromatic N) is 1. The number of unbranched alkanes of at least 4 members (excludes halogenated alkanes) is 25. The molecular weight excluding hydrogens is 719 g/mol. The van der Waals surface area contributed by atoms with Gasteiger partial charge in [-0.15, -0.1) is 0 Å². The highest BCUT2D eigenvalue weighted by atomic mass is 31.2. The summed E-state index contributed by atoms with van der Waals surface area (Å²) in [5.74, 6) is -0.222. The number of carbonyl (C=O) groups is 1. The Morgan fingerprint density at radius 1 is 0.607 bits per heavy atom. The minimum absolute atomic E-state index is 0.00870. The zero-order valence-electron chi connectivity index (χ0n) is 37.3. The number of phosphoric ester groups is 1. The number of likely N-dealkylation sites (N-methyl/N-ethyl adjacent to an activating group) is 1. The van der Waals surface area contributed by atoms with Gasteiger partial charge < -0.3 is 28.8 Å². The summed E-state index contributed by atoms with van der Waals surface area (Å²) < 4.78 is 23.0. The van der Waals surface area contributed by atoms with Crippen LogP contribution in [0.15, 0.2) is 36.5 Å². The van der Waals surface area contributed by atoms with E-state index in [1.807, 2.05) is 27.2 Å². The Kier molecular flexibility index (Phi) is 38.3. The van der Waals surface area contributed by atoms with Gasteiger partial charge in [-0.1, -0.05) is 192 Å². The summed E-state index contributed by atoms with van der Waals surface area (Å²) in [5.41, 5.74) is 0. The Morgan fingerprint density at radius 2 is 1.00 bits per heavy atom. The molecule has 0 radical (unpaired) electrons. The lowest BCUT2D eigenvalue weighted by atomic mass is 10.0. The van der Waals surface area contributed by atoms with Crippen LogP contribution in [-0.2, 0) is 18.4 Å². The Balaban J connectivity index is 4.14. The average Bonchev–Trinajstić information content (AvgIpc) is 3.15. The second-order valence-corrected chi connectivity index (χ2v) is 18.5. The molecule has 0 aliphatic rings. The Labute approximate surface area is 347 Å². The molecule has 0 saturated carbocycles. The largest absolute Gasteiger partial charge is 0.756 e. The van der Waals surface area contributed by atoms with Crippen molar-refractivity contribution in [2.24, 2.45) is 0 Å². The Bertz CT molecular complexity index is 1010. The quantitative estimate of drug-likeness (QED) is 0.0275. The molecule has 3 atom stereocenters. The van der Waals surface area contributed by atoms with E-state index in [1.54, 1.807) is 6.08 Å². The van der Waals surface area contributed by atoms with E-state index >= 15 is 0 Å². The molecule has 0 aromatic heterocycles. The lowest BCUT2D eigenvalue weighted by molar-refractivity contribution is -0.870. The minimum Gasteiger partial charge on any atom is -0.756 e. The van der Waals surface area contributed by atoms with Gasteiger partial charge in [0.15, 0.2) is 0 Å². The fourth-order valence-electron chi connectivity index (χ4n) is 6.60. The first-order valence-corrected chi connectivity index (χ1v) is 24.8. The van der Waals surface area contributed by atoms with Gasteiger partial charge in [0.25, 0.3) is 7.82 Å². The molecule has 56 heavy (non-hydrogen) atoms. The molecular formula is C47H91N2O6P. The van der Waals surface area contributed by atoms with Crippen molar-refractivity contribution in [1.82, 2.24) is 5.32 Å². The van der Waals surface area contributed by atoms with Crippen molar-refractivity contribution >= 4 is 13.7 Å². The molecule has 0 aromatic carbocycles. The molecule has 0 aromatic rings. The third kappa shape index (κ3) is 40.9. The SMILES string of the molecule is CCCCCCCCCCCCCCCCCCCC/C=C/CC/C=C/CC/C=C/C(O)C(COP(=O)([O-])OCC[N+](C)(C)C)NC(=O)CCCCCCCC. The van der Waals surface area contributed by atoms with Crippen LogP contribution in [0.4, 0.5) is 0 Å². The Morgan fingerprint density at radius 3 is 1.45 bits per heavy atom. The lowest BCUT2D eigenvalue weighted by Crippen LogP contribution is -2.45. The van der Waals surface area contributed by atoms with Gasteiger partial charge in [-0.2, -0.15) is 0 Å². The topological polar surface area (TPSA) is 108 Å². The van der Waals surface area contributed by atoms with Gasteiger partial charge in [0.1, 0.15) is 13.2 Å². The summed E-state index contributed by atoms with van der Waals surface area (Å²) in [4.78, 5) is 25.0. The van der Waals surface area contributed by atoms with E-state index in [4.69, 9.17) is 9.05 Å². The molecule has 3 unspecified atom stereocenters. The molecule has 0 bridgehead atoms. The number of carbonyl (C=O) groups excluding carboxylic acids is 1. The highest BCUT2D eigenvalue weighted by Crippen LogP contribution is 2.38. The Hall–Kier alpha value is -1.28. The predicted octanol–water partition coefficient (Wildman–Crippen LogP) is 12.5. The van der Waals surface area contributed by atoms with Crippen LogP contribution in [0, 0.1) is 0 Å². The summed E-state index contributed by atoms with van der Waals surface area (Å²) >= 11 is 0. The zero-order valence-corrected chi connectivity index (χ0v) is 38.2. The second kappa shape index (κ2) is 39.2. The van der Waals surface area contributed by atoms with Crippen LogP contribution < -0.4 is 10.2 Å². The fraction of sp³-hybridized carbons (Fsp3) is 0.851. The monoisotopic (exact) mass is 811 g/mol. The van der Waals surface area contributed by atoms with Gasteiger partial charge in [0, 0.05) is 6.42 Å². The molecule has 0 heterocycles. The third-order valence-electron chi connectivity index (χ3n) is 10.3. The van der Waals surface area contributed by atoms with Crippen molar-refractivity contribution in [1.29, 1.82) is 0 Å². The molecule has 0 rings (SSSR count). The third-order valence-corrected chi connectivity index (χ3v) is 11.3. The number of phosphoric acid groups is 1. The maximum atomic E-state index is 12.7. The van der Waals surface area contributed by atoms with E-state index in [9.17, 15) is 19.4 Å². The fourth-order valence-corrected chi connectivity index (χ4v) is 7.32. The van der Waals surface area contributed by atoms with Crippen molar-refractivity contribution in [2.75, 3.05) is 40.9 Å². The van der Waals surface area contributed by atoms with Gasteiger partial charge in [-0.25, -0.2) is 0 Å². The van der Waals surface area contributed by atoms with E-state index in [1.165, 1.54) is 135 Å². The van der Waals surface area contributed by atoms with E-state index in [2.05, 4.69) is 43.5 Å². The normalized spacial score (nSPS) is 14.6. The first kappa shape index (κ1) is 54.7. The predicted molar refractivity (Wildman–Crippen MR) is 238 cm³/mol. The van der Waals surface area contributed by atoms with Gasteiger partial charge in [0.2, 0.25) is 5.91 Å². The highest BCUT2D eigenvalue weighted by molar-refractivity contribution is 7.45. The van der Waals surface area contributed by atoms with Gasteiger partial charge in [-0.3, -0.25) is 9.36 Å². The number of hydrogen-bond acceptors (Lipinski definition) is 6. The van der Waals surface area contributed by atoms with Crippen LogP contribution in [0.3, 0.4) is 0 Å². The summed E-state index contributed by atoms with van der Waals surface area (Å²) in [5, 5.41) is 13.7. The number of amides is 1. The molecule has 8 nitrogen and oxygen atoms in total. The van der Waals surface area contributed by atoms with E-state index in [-0.39, 0.29) is 12.5 Å². The molecule has 0 fully saturated rings. The van der Waals surface area contributed by atoms with Crippen molar-refractivity contribution < 1.29 is 32.9 Å². The van der Waals surface area contributed by atoms with Gasteiger partial charge >= 0.3 is 0 Å². The van der Waals surface area contributed by atoms with Crippen molar-refractivity contribution in [3.63, 3.8) is 0 Å². The molecule has 9 heteroatoms. The van der Waals surface area contributed by atoms with Crippen LogP contribution in [0.1, 0.15) is 206 Å². The number of hydrogen-bond donors (Lipinski definition) is 2. The van der Waals surface area contributed by atoms with Crippen LogP contribution in [-0.4, -0.2) is 68.5 Å². The number of rotatable bonds is 42. The van der Waals surface area contributed by atoms with Crippen molar-refractivity contribution in [3.05, 3.63) is 36.5 Å². The van der Waals surface area contributed by atoms with Crippen LogP contribution >= 0.6 is 7.82 Å². The second-order valence-electron chi connectivity index (χ2n) is 17.1. The standard InChI is InChI=1S/C47H91N2O6P/c1-6-8-10-12-14-15-16-17-18-19-20-21-22-23-24-25-26-27-28-29-30-31-32-33-34-35-36-38-40-46(50)45(48-47(51)41-39-37-13-11-9-7-2)44-55-56(52,53)54-43-42-49(3,4)5/h29-30,33-34,38,40,45-46,50H,6-28,31-32,35-37,39,41-44H2,1-5H3,(H-,48,51,52,53)/b30-29+,34-33+,40-38+. The number of aliphatic hydroxyl groups excluding tert-OH is 1. The number of quaternary nitrogens is 1. The highest BCUT2D eigenvalue weighted by Gasteiger charge is 2.23. The summed E-state index contributed by atoms with van der Waals surface area (Å²) in [6.45, 7) is 4.54. The first-order chi connectivity index (χ1) is 27.0. The summed E-state index contributed by atoms with van der Waals surface area (Å²) in [7, 11) is 1.23. The lowest BCUT2D eigenvalue weighted by Gasteiger charge is -2.29. The van der Waals surface area contributed by atoms with Crippen LogP contribution in [0.2, 0.25) is 0 Å². The number of allylic oxidation sites excluding steroid dienone is 5. The van der Waals surface area contributed by atoms with E-state index in [0.29, 0.717) is 17.4 Å². The van der Waals surface area contributed by atoms with E-state index in [0.717, 1.165) is 51.4 Å². The first-order valence-electron chi connectivity index (χ1n) is 23.4.